The molecule has 10 heteroatoms. The van der Waals surface area contributed by atoms with Crippen LogP contribution < -0.4 is 14.8 Å². The molecule has 4 nitrogen and oxygen atoms in total. The minimum absolute atomic E-state index is 0.0593. The monoisotopic (exact) mass is 435 g/mol. The van der Waals surface area contributed by atoms with Crippen LogP contribution in [0, 0.1) is 0 Å². The molecule has 0 aliphatic carbocycles. The average Bonchev–Trinajstić information content (AvgIpc) is 2.63. The van der Waals surface area contributed by atoms with E-state index in [1.807, 2.05) is 0 Å². The molecule has 0 bridgehead atoms. The van der Waals surface area contributed by atoms with Gasteiger partial charge in [-0.2, -0.15) is 0 Å². The van der Waals surface area contributed by atoms with Crippen LogP contribution in [0.2, 0.25) is 0 Å². The van der Waals surface area contributed by atoms with E-state index in [9.17, 15) is 24.2 Å². The van der Waals surface area contributed by atoms with Crippen LogP contribution in [0.25, 0.3) is 6.08 Å². The molecule has 0 radical (unpaired) electrons. The van der Waals surface area contributed by atoms with Gasteiger partial charge in [0, 0.05) is 11.8 Å². The van der Waals surface area contributed by atoms with Crippen molar-refractivity contribution < 1.29 is 33.7 Å². The molecule has 0 unspecified atom stereocenters. The molecule has 0 heterocycles. The summed E-state index contributed by atoms with van der Waals surface area (Å²) in [7, 11) is -8.29. The number of nitrogens with one attached hydrogen (secondary N) is 1. The highest BCUT2D eigenvalue weighted by Gasteiger charge is 2.65. The molecule has 158 valence electrons. The van der Waals surface area contributed by atoms with Crippen molar-refractivity contribution in [1.29, 1.82) is 0 Å². The van der Waals surface area contributed by atoms with Gasteiger partial charge in [-0.1, -0.05) is 38.2 Å². The molecule has 0 aliphatic rings. The van der Waals surface area contributed by atoms with Crippen LogP contribution in [-0.4, -0.2) is 19.6 Å². The van der Waals surface area contributed by atoms with E-state index in [4.69, 9.17) is 9.47 Å². The van der Waals surface area contributed by atoms with Gasteiger partial charge in [0.2, 0.25) is 5.91 Å². The Morgan fingerprint density at radius 1 is 1.07 bits per heavy atom. The maximum absolute atomic E-state index is 12.7. The Labute approximate surface area is 164 Å². The van der Waals surface area contributed by atoms with E-state index >= 15 is 0 Å². The number of hydrogen-bond donors (Lipinski definition) is 1. The molecule has 1 N–H and O–H groups in total. The number of carbonyl (C=O) groups is 1. The highest BCUT2D eigenvalue weighted by atomic mass is 32.5. The zero-order valence-electron chi connectivity index (χ0n) is 15.2. The summed E-state index contributed by atoms with van der Waals surface area (Å²) in [4.78, 5) is 9.90. The van der Waals surface area contributed by atoms with Gasteiger partial charge in [-0.15, -0.1) is 0 Å². The number of benzene rings is 2. The van der Waals surface area contributed by atoms with Crippen molar-refractivity contribution >= 4 is 27.9 Å². The molecule has 0 saturated heterocycles. The Balaban J connectivity index is 2.07. The van der Waals surface area contributed by atoms with Gasteiger partial charge in [-0.05, 0) is 48.0 Å². The lowest BCUT2D eigenvalue weighted by Crippen LogP contribution is -2.09. The Bertz CT molecular complexity index is 941. The molecule has 0 atom stereocenters. The van der Waals surface area contributed by atoms with Crippen molar-refractivity contribution in [2.24, 2.45) is 0 Å². The second-order valence-electron chi connectivity index (χ2n) is 5.83. The van der Waals surface area contributed by atoms with Crippen LogP contribution in [0.1, 0.15) is 5.56 Å². The number of anilines is 1. The molecular formula is C19H18F5NO3S. The number of amides is 1. The topological polar surface area (TPSA) is 47.6 Å². The molecule has 0 aromatic heterocycles. The molecule has 2 rings (SSSR count). The van der Waals surface area contributed by atoms with Gasteiger partial charge in [0.1, 0.15) is 11.5 Å². The van der Waals surface area contributed by atoms with E-state index in [1.54, 1.807) is 24.3 Å². The summed E-state index contributed by atoms with van der Waals surface area (Å²) < 4.78 is 74.0. The first-order valence-electron chi connectivity index (χ1n) is 8.07. The van der Waals surface area contributed by atoms with Gasteiger partial charge >= 0.3 is 10.2 Å². The number of hydrogen-bond acceptors (Lipinski definition) is 3. The summed E-state index contributed by atoms with van der Waals surface area (Å²) in [5.41, 5.74) is 0.537. The second-order valence-corrected chi connectivity index (χ2v) is 8.24. The summed E-state index contributed by atoms with van der Waals surface area (Å²) >= 11 is 0. The number of halogens is 5. The van der Waals surface area contributed by atoms with Crippen molar-refractivity contribution in [1.82, 2.24) is 0 Å². The average molecular weight is 435 g/mol. The Kier molecular flexibility index (Phi) is 5.71. The van der Waals surface area contributed by atoms with Crippen molar-refractivity contribution in [2.45, 2.75) is 4.90 Å². The van der Waals surface area contributed by atoms with Crippen molar-refractivity contribution in [3.63, 3.8) is 0 Å². The fraction of sp³-hybridized carbons (Fsp3) is 0.105. The molecular weight excluding hydrogens is 417 g/mol. The third-order valence-electron chi connectivity index (χ3n) is 3.54. The maximum atomic E-state index is 12.7. The fourth-order valence-electron chi connectivity index (χ4n) is 2.21. The number of rotatable bonds is 8. The van der Waals surface area contributed by atoms with Gasteiger partial charge in [-0.25, -0.2) is 0 Å². The molecule has 0 aliphatic heterocycles. The van der Waals surface area contributed by atoms with E-state index in [0.29, 0.717) is 17.1 Å². The van der Waals surface area contributed by atoms with Gasteiger partial charge in [0.25, 0.3) is 0 Å². The predicted octanol–water partition coefficient (Wildman–Crippen LogP) is 6.57. The molecule has 29 heavy (non-hydrogen) atoms. The largest absolute Gasteiger partial charge is 0.493 e. The predicted molar refractivity (Wildman–Crippen MR) is 104 cm³/mol. The van der Waals surface area contributed by atoms with Crippen LogP contribution in [0.3, 0.4) is 0 Å². The summed E-state index contributed by atoms with van der Waals surface area (Å²) in [5, 5.41) is 2.29. The Morgan fingerprint density at radius 3 is 2.28 bits per heavy atom. The Hall–Kier alpha value is -3.01. The molecule has 0 spiro atoms. The summed E-state index contributed by atoms with van der Waals surface area (Å²) in [6.07, 6.45) is 4.15. The quantitative estimate of drug-likeness (QED) is 0.290. The maximum Gasteiger partial charge on any atom is 0.310 e. The first-order valence-corrected chi connectivity index (χ1v) is 10.0. The molecule has 2 aromatic rings. The third kappa shape index (κ3) is 6.53. The lowest BCUT2D eigenvalue weighted by atomic mass is 10.2. The van der Waals surface area contributed by atoms with Crippen LogP contribution in [0.5, 0.6) is 11.5 Å². The third-order valence-corrected chi connectivity index (χ3v) is 4.70. The normalized spacial score (nSPS) is 14.0. The van der Waals surface area contributed by atoms with E-state index < -0.39 is 21.0 Å². The van der Waals surface area contributed by atoms with Gasteiger partial charge in [0.05, 0.1) is 7.11 Å². The van der Waals surface area contributed by atoms with Crippen LogP contribution in [-0.2, 0) is 4.79 Å². The van der Waals surface area contributed by atoms with Gasteiger partial charge in [-0.3, -0.25) is 4.79 Å². The number of carbonyl (C=O) groups excluding carboxylic acids is 1. The number of methoxy groups -OCH3 is 1. The van der Waals surface area contributed by atoms with E-state index in [2.05, 4.69) is 11.9 Å². The van der Waals surface area contributed by atoms with Crippen molar-refractivity contribution in [3.05, 3.63) is 66.8 Å². The van der Waals surface area contributed by atoms with Crippen LogP contribution in [0.4, 0.5) is 25.1 Å². The molecule has 1 amide bonds. The fourth-order valence-corrected chi connectivity index (χ4v) is 2.86. The van der Waals surface area contributed by atoms with E-state index in [0.717, 1.165) is 18.2 Å². The van der Waals surface area contributed by atoms with Gasteiger partial charge < -0.3 is 14.8 Å². The highest BCUT2D eigenvalue weighted by molar-refractivity contribution is 8.45. The first-order chi connectivity index (χ1) is 13.3. The van der Waals surface area contributed by atoms with Crippen molar-refractivity contribution in [3.8, 4) is 11.5 Å². The smallest absolute Gasteiger partial charge is 0.310 e. The first kappa shape index (κ1) is 22.3. The second kappa shape index (κ2) is 7.43. The van der Waals surface area contributed by atoms with E-state index in [-0.39, 0.29) is 24.4 Å². The van der Waals surface area contributed by atoms with Gasteiger partial charge in [0.15, 0.2) is 11.5 Å². The number of ether oxygens (including phenoxy) is 2. The summed E-state index contributed by atoms with van der Waals surface area (Å²) in [6, 6.07) is 6.89. The standard InChI is InChI=1S/C19H18F5NO3S/c1-3-12-28-17-10-4-14(13-18(17)27-2)5-11-19(26)25-15-6-8-16(9-7-15)29(20,21,22,23)24/h3-11,13H,1,12H2,2H3,(H,25,26)/b11-5+. The van der Waals surface area contributed by atoms with Crippen molar-refractivity contribution in [2.75, 3.05) is 19.0 Å². The van der Waals surface area contributed by atoms with E-state index in [1.165, 1.54) is 13.2 Å². The Morgan fingerprint density at radius 2 is 1.72 bits per heavy atom. The summed E-state index contributed by atoms with van der Waals surface area (Å²) in [6.45, 7) is 3.83. The molecule has 0 saturated carbocycles. The minimum atomic E-state index is -9.74. The molecule has 2 aromatic carbocycles. The summed E-state index contributed by atoms with van der Waals surface area (Å²) in [5.74, 6) is 0.259. The molecule has 0 fully saturated rings. The zero-order valence-corrected chi connectivity index (χ0v) is 16.0. The lowest BCUT2D eigenvalue weighted by molar-refractivity contribution is -0.111. The SMILES string of the molecule is C=CCOc1ccc(/C=C/C(=O)Nc2ccc(S(F)(F)(F)(F)F)cc2)cc1OC. The lowest BCUT2D eigenvalue weighted by Gasteiger charge is -2.40. The minimum Gasteiger partial charge on any atom is -0.493 e. The zero-order chi connectivity index (χ0) is 21.8. The van der Waals surface area contributed by atoms with Crippen LogP contribution in [0.15, 0.2) is 66.1 Å². The highest BCUT2D eigenvalue weighted by Crippen LogP contribution is 3.02. The van der Waals surface area contributed by atoms with Crippen LogP contribution >= 0.6 is 10.2 Å².